The average Bonchev–Trinajstić information content (AvgIpc) is 2.81. The van der Waals surface area contributed by atoms with Crippen LogP contribution in [0.4, 0.5) is 17.1 Å². The molecule has 0 unspecified atom stereocenters. The molecule has 1 heterocycles. The average molecular weight is 431 g/mol. The first-order chi connectivity index (χ1) is 15.6. The van der Waals surface area contributed by atoms with E-state index >= 15 is 0 Å². The minimum atomic E-state index is -0.450. The Hall–Kier alpha value is -3.71. The number of non-ortho nitro benzene ring substituents is 1. The molecule has 1 saturated heterocycles. The van der Waals surface area contributed by atoms with Crippen molar-refractivity contribution in [3.8, 4) is 0 Å². The van der Waals surface area contributed by atoms with Gasteiger partial charge in [0.1, 0.15) is 0 Å². The van der Waals surface area contributed by atoms with Gasteiger partial charge in [-0.25, -0.2) is 0 Å². The number of carbonyl (C=O) groups is 1. The van der Waals surface area contributed by atoms with Crippen LogP contribution in [0.15, 0.2) is 78.9 Å². The van der Waals surface area contributed by atoms with Gasteiger partial charge in [-0.1, -0.05) is 42.5 Å². The predicted molar refractivity (Wildman–Crippen MR) is 126 cm³/mol. The van der Waals surface area contributed by atoms with Crippen LogP contribution in [-0.4, -0.2) is 41.9 Å². The summed E-state index contributed by atoms with van der Waals surface area (Å²) in [4.78, 5) is 27.4. The molecule has 1 fully saturated rings. The first-order valence-electron chi connectivity index (χ1n) is 10.7. The van der Waals surface area contributed by atoms with Crippen molar-refractivity contribution >= 4 is 23.0 Å². The molecule has 1 aliphatic heterocycles. The number of piperazine rings is 1. The number of hydrogen-bond acceptors (Lipinski definition) is 5. The number of nitro benzene ring substituents is 1. The van der Waals surface area contributed by atoms with Gasteiger partial charge < -0.3 is 10.2 Å². The molecule has 7 heteroatoms. The first kappa shape index (κ1) is 21.5. The van der Waals surface area contributed by atoms with E-state index in [2.05, 4.69) is 39.4 Å². The summed E-state index contributed by atoms with van der Waals surface area (Å²) in [6, 6.07) is 24.5. The van der Waals surface area contributed by atoms with Crippen LogP contribution in [-0.2, 0) is 17.8 Å². The van der Waals surface area contributed by atoms with Crippen LogP contribution in [0.2, 0.25) is 0 Å². The minimum Gasteiger partial charge on any atom is -0.369 e. The number of nitrogens with one attached hydrogen (secondary N) is 1. The van der Waals surface area contributed by atoms with Crippen LogP contribution in [0.3, 0.4) is 0 Å². The molecule has 3 aromatic carbocycles. The van der Waals surface area contributed by atoms with Gasteiger partial charge in [0.05, 0.1) is 11.3 Å². The van der Waals surface area contributed by atoms with Crippen LogP contribution < -0.4 is 10.2 Å². The number of amides is 1. The third kappa shape index (κ3) is 5.70. The summed E-state index contributed by atoms with van der Waals surface area (Å²) in [6.45, 7) is 4.96. The molecule has 0 radical (unpaired) electrons. The van der Waals surface area contributed by atoms with Crippen molar-refractivity contribution in [2.45, 2.75) is 13.0 Å². The van der Waals surface area contributed by atoms with Crippen LogP contribution in [0, 0.1) is 10.1 Å². The van der Waals surface area contributed by atoms with E-state index in [1.807, 2.05) is 30.3 Å². The quantitative estimate of drug-likeness (QED) is 0.451. The highest BCUT2D eigenvalue weighted by Crippen LogP contribution is 2.21. The molecule has 0 aromatic heterocycles. The number of anilines is 2. The fourth-order valence-electron chi connectivity index (χ4n) is 3.89. The number of nitrogens with zero attached hydrogens (tertiary/aromatic N) is 3. The Labute approximate surface area is 187 Å². The van der Waals surface area contributed by atoms with Gasteiger partial charge in [0.25, 0.3) is 5.69 Å². The van der Waals surface area contributed by atoms with Crippen molar-refractivity contribution in [2.24, 2.45) is 0 Å². The van der Waals surface area contributed by atoms with Crippen molar-refractivity contribution in [2.75, 3.05) is 36.4 Å². The van der Waals surface area contributed by atoms with Crippen LogP contribution in [0.25, 0.3) is 0 Å². The summed E-state index contributed by atoms with van der Waals surface area (Å²) in [5.41, 5.74) is 3.99. The van der Waals surface area contributed by atoms with Gasteiger partial charge in [-0.15, -0.1) is 0 Å². The van der Waals surface area contributed by atoms with E-state index in [-0.39, 0.29) is 18.0 Å². The second-order valence-electron chi connectivity index (χ2n) is 7.94. The van der Waals surface area contributed by atoms with Gasteiger partial charge in [0.2, 0.25) is 5.91 Å². The fraction of sp³-hybridized carbons (Fsp3) is 0.240. The topological polar surface area (TPSA) is 78.7 Å². The zero-order chi connectivity index (χ0) is 22.3. The SMILES string of the molecule is O=C(Cc1ccc([N+](=O)[O-])cc1)Nc1ccc(N2CCN(Cc3ccccc3)CC2)cc1. The fourth-order valence-corrected chi connectivity index (χ4v) is 3.89. The van der Waals surface area contributed by atoms with Crippen LogP contribution in [0.1, 0.15) is 11.1 Å². The second kappa shape index (κ2) is 10.1. The molecule has 0 spiro atoms. The van der Waals surface area contributed by atoms with Crippen molar-refractivity contribution in [1.29, 1.82) is 0 Å². The van der Waals surface area contributed by atoms with E-state index in [0.717, 1.165) is 49.7 Å². The standard InChI is InChI=1S/C25H26N4O3/c30-25(18-20-6-10-24(11-7-20)29(31)32)26-22-8-12-23(13-9-22)28-16-14-27(15-17-28)19-21-4-2-1-3-5-21/h1-13H,14-19H2,(H,26,30). The highest BCUT2D eigenvalue weighted by atomic mass is 16.6. The van der Waals surface area contributed by atoms with Gasteiger partial charge in [0.15, 0.2) is 0 Å². The monoisotopic (exact) mass is 430 g/mol. The molecule has 1 amide bonds. The Bertz CT molecular complexity index is 1040. The van der Waals surface area contributed by atoms with E-state index in [9.17, 15) is 14.9 Å². The summed E-state index contributed by atoms with van der Waals surface area (Å²) >= 11 is 0. The highest BCUT2D eigenvalue weighted by molar-refractivity contribution is 5.92. The molecule has 0 atom stereocenters. The van der Waals surface area contributed by atoms with E-state index in [4.69, 9.17) is 0 Å². The zero-order valence-electron chi connectivity index (χ0n) is 17.8. The maximum Gasteiger partial charge on any atom is 0.269 e. The Balaban J connectivity index is 1.26. The number of hydrogen-bond donors (Lipinski definition) is 1. The molecule has 7 nitrogen and oxygen atoms in total. The van der Waals surface area contributed by atoms with Crippen molar-refractivity contribution < 1.29 is 9.72 Å². The Morgan fingerprint density at radius 3 is 2.12 bits per heavy atom. The van der Waals surface area contributed by atoms with Crippen LogP contribution in [0.5, 0.6) is 0 Å². The minimum absolute atomic E-state index is 0.0191. The molecule has 1 aliphatic rings. The van der Waals surface area contributed by atoms with Crippen molar-refractivity contribution in [3.63, 3.8) is 0 Å². The summed E-state index contributed by atoms with van der Waals surface area (Å²) in [5, 5.41) is 13.6. The summed E-state index contributed by atoms with van der Waals surface area (Å²) in [5.74, 6) is -0.152. The molecule has 0 aliphatic carbocycles. The van der Waals surface area contributed by atoms with E-state index < -0.39 is 4.92 Å². The Morgan fingerprint density at radius 2 is 1.50 bits per heavy atom. The molecule has 3 aromatic rings. The van der Waals surface area contributed by atoms with Gasteiger partial charge in [-0.2, -0.15) is 0 Å². The lowest BCUT2D eigenvalue weighted by atomic mass is 10.1. The number of nitro groups is 1. The summed E-state index contributed by atoms with van der Waals surface area (Å²) < 4.78 is 0. The lowest BCUT2D eigenvalue weighted by Crippen LogP contribution is -2.45. The lowest BCUT2D eigenvalue weighted by molar-refractivity contribution is -0.384. The normalized spacial score (nSPS) is 14.2. The summed E-state index contributed by atoms with van der Waals surface area (Å²) in [6.07, 6.45) is 0.170. The van der Waals surface area contributed by atoms with E-state index in [1.165, 1.54) is 17.7 Å². The highest BCUT2D eigenvalue weighted by Gasteiger charge is 2.17. The number of benzene rings is 3. The second-order valence-corrected chi connectivity index (χ2v) is 7.94. The van der Waals surface area contributed by atoms with Gasteiger partial charge in [-0.05, 0) is 35.4 Å². The Morgan fingerprint density at radius 1 is 0.844 bits per heavy atom. The van der Waals surface area contributed by atoms with Crippen LogP contribution >= 0.6 is 0 Å². The maximum absolute atomic E-state index is 12.3. The van der Waals surface area contributed by atoms with E-state index in [1.54, 1.807) is 12.1 Å². The Kier molecular flexibility index (Phi) is 6.77. The number of rotatable bonds is 7. The predicted octanol–water partition coefficient (Wildman–Crippen LogP) is 4.10. The van der Waals surface area contributed by atoms with Gasteiger partial charge >= 0.3 is 0 Å². The van der Waals surface area contributed by atoms with Gasteiger partial charge in [-0.3, -0.25) is 19.8 Å². The molecular weight excluding hydrogens is 404 g/mol. The molecule has 4 rings (SSSR count). The molecule has 164 valence electrons. The van der Waals surface area contributed by atoms with E-state index in [0.29, 0.717) is 0 Å². The lowest BCUT2D eigenvalue weighted by Gasteiger charge is -2.36. The summed E-state index contributed by atoms with van der Waals surface area (Å²) in [7, 11) is 0. The molecule has 32 heavy (non-hydrogen) atoms. The maximum atomic E-state index is 12.3. The van der Waals surface area contributed by atoms with Gasteiger partial charge in [0, 0.05) is 56.2 Å². The largest absolute Gasteiger partial charge is 0.369 e. The molecule has 0 saturated carbocycles. The smallest absolute Gasteiger partial charge is 0.269 e. The van der Waals surface area contributed by atoms with Crippen molar-refractivity contribution in [3.05, 3.63) is 100 Å². The molecule has 1 N–H and O–H groups in total. The zero-order valence-corrected chi connectivity index (χ0v) is 17.8. The third-order valence-corrected chi connectivity index (χ3v) is 5.65. The first-order valence-corrected chi connectivity index (χ1v) is 10.7. The van der Waals surface area contributed by atoms with Crippen molar-refractivity contribution in [1.82, 2.24) is 4.90 Å². The third-order valence-electron chi connectivity index (χ3n) is 5.65. The number of carbonyl (C=O) groups excluding carboxylic acids is 1. The molecule has 0 bridgehead atoms. The molecular formula is C25H26N4O3.